The van der Waals surface area contributed by atoms with Crippen molar-refractivity contribution in [1.82, 2.24) is 14.5 Å². The minimum Gasteiger partial charge on any atom is -0.282 e. The van der Waals surface area contributed by atoms with E-state index in [-0.39, 0.29) is 11.4 Å². The fourth-order valence-electron chi connectivity index (χ4n) is 2.57. The molecule has 0 spiro atoms. The van der Waals surface area contributed by atoms with Gasteiger partial charge >= 0.3 is 0 Å². The molecule has 3 aromatic heterocycles. The Morgan fingerprint density at radius 3 is 2.73 bits per heavy atom. The molecule has 4 rings (SSSR count). The topological polar surface area (TPSA) is 47.8 Å². The van der Waals surface area contributed by atoms with Gasteiger partial charge in [0.2, 0.25) is 0 Å². The van der Waals surface area contributed by atoms with Crippen molar-refractivity contribution in [3.05, 3.63) is 87.5 Å². The van der Waals surface area contributed by atoms with Gasteiger partial charge in [-0.3, -0.25) is 14.3 Å². The van der Waals surface area contributed by atoms with Gasteiger partial charge in [-0.25, -0.2) is 9.37 Å². The number of thiophene rings is 1. The second-order valence-corrected chi connectivity index (χ2v) is 7.52. The maximum absolute atomic E-state index is 13.2. The van der Waals surface area contributed by atoms with Gasteiger partial charge < -0.3 is 0 Å². The SMILES string of the molecule is O=c1c2sccc2nc(SCc2ccccn2)n1Cc1ccc(F)cc1. The molecule has 3 heterocycles. The van der Waals surface area contributed by atoms with Crippen LogP contribution in [0.4, 0.5) is 4.39 Å². The van der Waals surface area contributed by atoms with Crippen molar-refractivity contribution in [2.24, 2.45) is 0 Å². The highest BCUT2D eigenvalue weighted by molar-refractivity contribution is 7.98. The number of aromatic nitrogens is 3. The number of fused-ring (bicyclic) bond motifs is 1. The minimum absolute atomic E-state index is 0.0714. The fourth-order valence-corrected chi connectivity index (χ4v) is 4.26. The number of pyridine rings is 1. The Kier molecular flexibility index (Phi) is 4.81. The summed E-state index contributed by atoms with van der Waals surface area (Å²) in [5.41, 5.74) is 2.41. The average Bonchev–Trinajstić information content (AvgIpc) is 3.14. The number of hydrogen-bond donors (Lipinski definition) is 0. The van der Waals surface area contributed by atoms with Gasteiger partial charge in [0.15, 0.2) is 5.16 Å². The molecule has 1 aromatic carbocycles. The van der Waals surface area contributed by atoms with Crippen LogP contribution in [0.1, 0.15) is 11.3 Å². The zero-order valence-corrected chi connectivity index (χ0v) is 15.3. The molecule has 7 heteroatoms. The second-order valence-electron chi connectivity index (χ2n) is 5.66. The van der Waals surface area contributed by atoms with E-state index in [0.29, 0.717) is 27.7 Å². The predicted octanol–water partition coefficient (Wildman–Crippen LogP) is 4.33. The van der Waals surface area contributed by atoms with Crippen LogP contribution in [-0.4, -0.2) is 14.5 Å². The Morgan fingerprint density at radius 1 is 1.12 bits per heavy atom. The first kappa shape index (κ1) is 16.9. The number of nitrogens with zero attached hydrogens (tertiary/aromatic N) is 3. The molecule has 0 aliphatic heterocycles. The van der Waals surface area contributed by atoms with Gasteiger partial charge in [-0.05, 0) is 41.3 Å². The Balaban J connectivity index is 1.72. The van der Waals surface area contributed by atoms with Crippen LogP contribution in [0.15, 0.2) is 70.1 Å². The molecule has 0 atom stereocenters. The van der Waals surface area contributed by atoms with Crippen molar-refractivity contribution in [3.63, 3.8) is 0 Å². The summed E-state index contributed by atoms with van der Waals surface area (Å²) in [4.78, 5) is 21.9. The van der Waals surface area contributed by atoms with E-state index in [1.54, 1.807) is 22.9 Å². The van der Waals surface area contributed by atoms with Gasteiger partial charge in [0.1, 0.15) is 10.5 Å². The lowest BCUT2D eigenvalue weighted by Gasteiger charge is -2.12. The zero-order valence-electron chi connectivity index (χ0n) is 13.6. The Labute approximate surface area is 157 Å². The van der Waals surface area contributed by atoms with Gasteiger partial charge in [0, 0.05) is 11.9 Å². The van der Waals surface area contributed by atoms with Crippen LogP contribution in [-0.2, 0) is 12.3 Å². The molecule has 0 unspecified atom stereocenters. The summed E-state index contributed by atoms with van der Waals surface area (Å²) in [6.45, 7) is 0.352. The lowest BCUT2D eigenvalue weighted by molar-refractivity contribution is 0.623. The average molecular weight is 383 g/mol. The van der Waals surface area contributed by atoms with E-state index >= 15 is 0 Å². The highest BCUT2D eigenvalue weighted by Gasteiger charge is 2.13. The van der Waals surface area contributed by atoms with Gasteiger partial charge in [-0.15, -0.1) is 11.3 Å². The minimum atomic E-state index is -0.294. The van der Waals surface area contributed by atoms with Gasteiger partial charge in [0.05, 0.1) is 17.8 Å². The highest BCUT2D eigenvalue weighted by Crippen LogP contribution is 2.24. The van der Waals surface area contributed by atoms with E-state index in [1.807, 2.05) is 29.6 Å². The van der Waals surface area contributed by atoms with Crippen molar-refractivity contribution in [3.8, 4) is 0 Å². The van der Waals surface area contributed by atoms with Crippen LogP contribution < -0.4 is 5.56 Å². The third-order valence-corrected chi connectivity index (χ3v) is 5.76. The van der Waals surface area contributed by atoms with Crippen molar-refractivity contribution in [1.29, 1.82) is 0 Å². The summed E-state index contributed by atoms with van der Waals surface area (Å²) >= 11 is 2.86. The van der Waals surface area contributed by atoms with Crippen LogP contribution in [0.5, 0.6) is 0 Å². The smallest absolute Gasteiger partial charge is 0.272 e. The zero-order chi connectivity index (χ0) is 17.9. The summed E-state index contributed by atoms with van der Waals surface area (Å²) < 4.78 is 15.5. The normalized spacial score (nSPS) is 11.1. The number of rotatable bonds is 5. The quantitative estimate of drug-likeness (QED) is 0.380. The third kappa shape index (κ3) is 3.54. The number of hydrogen-bond acceptors (Lipinski definition) is 5. The summed E-state index contributed by atoms with van der Waals surface area (Å²) in [5, 5.41) is 2.50. The van der Waals surface area contributed by atoms with E-state index in [2.05, 4.69) is 9.97 Å². The van der Waals surface area contributed by atoms with Crippen LogP contribution in [0.25, 0.3) is 10.2 Å². The molecule has 0 aliphatic rings. The Bertz CT molecular complexity index is 1090. The molecule has 0 amide bonds. The van der Waals surface area contributed by atoms with Crippen LogP contribution in [0.2, 0.25) is 0 Å². The number of halogens is 1. The van der Waals surface area contributed by atoms with Crippen LogP contribution >= 0.6 is 23.1 Å². The Morgan fingerprint density at radius 2 is 1.96 bits per heavy atom. The van der Waals surface area contributed by atoms with E-state index in [4.69, 9.17) is 0 Å². The number of benzene rings is 1. The maximum atomic E-state index is 13.2. The van der Waals surface area contributed by atoms with Gasteiger partial charge in [-0.1, -0.05) is 30.0 Å². The molecular formula is C19H14FN3OS2. The molecule has 0 bridgehead atoms. The molecule has 4 aromatic rings. The second kappa shape index (κ2) is 7.39. The molecule has 4 nitrogen and oxygen atoms in total. The van der Waals surface area contributed by atoms with E-state index in [9.17, 15) is 9.18 Å². The van der Waals surface area contributed by atoms with Crippen LogP contribution in [0, 0.1) is 5.82 Å². The molecule has 26 heavy (non-hydrogen) atoms. The number of thioether (sulfide) groups is 1. The molecule has 0 saturated heterocycles. The molecule has 0 N–H and O–H groups in total. The lowest BCUT2D eigenvalue weighted by atomic mass is 10.2. The lowest BCUT2D eigenvalue weighted by Crippen LogP contribution is -2.23. The first-order valence-corrected chi connectivity index (χ1v) is 9.82. The first-order chi connectivity index (χ1) is 12.7. The fraction of sp³-hybridized carbons (Fsp3) is 0.105. The molecule has 0 fully saturated rings. The summed E-state index contributed by atoms with van der Waals surface area (Å²) in [5.74, 6) is 0.324. The third-order valence-electron chi connectivity index (χ3n) is 3.86. The highest BCUT2D eigenvalue weighted by atomic mass is 32.2. The molecular weight excluding hydrogens is 369 g/mol. The predicted molar refractivity (Wildman–Crippen MR) is 103 cm³/mol. The summed E-state index contributed by atoms with van der Waals surface area (Å²) in [6.07, 6.45) is 1.75. The largest absolute Gasteiger partial charge is 0.282 e. The van der Waals surface area contributed by atoms with Crippen molar-refractivity contribution in [2.75, 3.05) is 0 Å². The molecule has 0 radical (unpaired) electrons. The van der Waals surface area contributed by atoms with Crippen LogP contribution in [0.3, 0.4) is 0 Å². The van der Waals surface area contributed by atoms with Crippen molar-refractivity contribution < 1.29 is 4.39 Å². The van der Waals surface area contributed by atoms with E-state index < -0.39 is 0 Å². The molecule has 0 aliphatic carbocycles. The standard InChI is InChI=1S/C19H14FN3OS2/c20-14-6-4-13(5-7-14)11-23-18(24)17-16(8-10-25-17)22-19(23)26-12-15-3-1-2-9-21-15/h1-10H,11-12H2. The maximum Gasteiger partial charge on any atom is 0.272 e. The van der Waals surface area contributed by atoms with Gasteiger partial charge in [-0.2, -0.15) is 0 Å². The van der Waals surface area contributed by atoms with E-state index in [1.165, 1.54) is 35.2 Å². The molecule has 0 saturated carbocycles. The van der Waals surface area contributed by atoms with Crippen molar-refractivity contribution >= 4 is 33.3 Å². The van der Waals surface area contributed by atoms with E-state index in [0.717, 1.165) is 11.3 Å². The Hall–Kier alpha value is -2.51. The summed E-state index contributed by atoms with van der Waals surface area (Å²) in [7, 11) is 0. The molecule has 130 valence electrons. The summed E-state index contributed by atoms with van der Waals surface area (Å²) in [6, 6.07) is 13.8. The monoisotopic (exact) mass is 383 g/mol. The van der Waals surface area contributed by atoms with Crippen molar-refractivity contribution in [2.45, 2.75) is 17.5 Å². The first-order valence-electron chi connectivity index (χ1n) is 7.96. The van der Waals surface area contributed by atoms with Gasteiger partial charge in [0.25, 0.3) is 5.56 Å².